The standard InChI is InChI=1S/C22H19ClN4O3/c23-17-7-8-20(22-16(17)4-3-9-25-22)30-14-21(28)26-18-5-1-2-6-19(18)29-13-12-27-11-10-24-15-27/h1-11,15H,12-14H2,(H,26,28). The third kappa shape index (κ3) is 4.69. The van der Waals surface area contributed by atoms with Gasteiger partial charge in [0.2, 0.25) is 0 Å². The summed E-state index contributed by atoms with van der Waals surface area (Å²) in [7, 11) is 0. The number of aromatic nitrogens is 3. The normalized spacial score (nSPS) is 10.7. The molecule has 0 saturated carbocycles. The number of carbonyl (C=O) groups is 1. The van der Waals surface area contributed by atoms with Crippen molar-refractivity contribution >= 4 is 34.1 Å². The van der Waals surface area contributed by atoms with Gasteiger partial charge in [0.1, 0.15) is 23.6 Å². The lowest BCUT2D eigenvalue weighted by atomic mass is 10.2. The minimum absolute atomic E-state index is 0.170. The molecule has 0 atom stereocenters. The highest BCUT2D eigenvalue weighted by Crippen LogP contribution is 2.29. The van der Waals surface area contributed by atoms with Crippen molar-refractivity contribution in [2.75, 3.05) is 18.5 Å². The predicted molar refractivity (Wildman–Crippen MR) is 115 cm³/mol. The third-order valence-corrected chi connectivity index (χ3v) is 4.70. The topological polar surface area (TPSA) is 78.3 Å². The fraction of sp³-hybridized carbons (Fsp3) is 0.136. The van der Waals surface area contributed by atoms with Gasteiger partial charge in [-0.3, -0.25) is 9.78 Å². The number of rotatable bonds is 8. The van der Waals surface area contributed by atoms with Gasteiger partial charge >= 0.3 is 0 Å². The summed E-state index contributed by atoms with van der Waals surface area (Å²) in [5.74, 6) is 0.777. The Balaban J connectivity index is 1.37. The van der Waals surface area contributed by atoms with E-state index in [9.17, 15) is 4.79 Å². The number of imidazole rings is 1. The van der Waals surface area contributed by atoms with Gasteiger partial charge in [0.25, 0.3) is 5.91 Å². The van der Waals surface area contributed by atoms with Gasteiger partial charge in [0, 0.05) is 24.0 Å². The van der Waals surface area contributed by atoms with Crippen molar-refractivity contribution in [3.8, 4) is 11.5 Å². The predicted octanol–water partition coefficient (Wildman–Crippen LogP) is 4.18. The molecular formula is C22H19ClN4O3. The number of anilines is 1. The van der Waals surface area contributed by atoms with E-state index < -0.39 is 0 Å². The molecule has 0 aliphatic rings. The second-order valence-electron chi connectivity index (χ2n) is 6.43. The number of amides is 1. The summed E-state index contributed by atoms with van der Waals surface area (Å²) in [6.07, 6.45) is 6.96. The van der Waals surface area contributed by atoms with Gasteiger partial charge in [-0.15, -0.1) is 0 Å². The van der Waals surface area contributed by atoms with Crippen LogP contribution in [0.3, 0.4) is 0 Å². The molecule has 1 amide bonds. The molecular weight excluding hydrogens is 404 g/mol. The van der Waals surface area contributed by atoms with E-state index in [0.717, 1.165) is 5.39 Å². The minimum atomic E-state index is -0.306. The van der Waals surface area contributed by atoms with Crippen LogP contribution in [0.15, 0.2) is 73.4 Å². The summed E-state index contributed by atoms with van der Waals surface area (Å²) in [6, 6.07) is 14.4. The minimum Gasteiger partial charge on any atom is -0.490 e. The Labute approximate surface area is 178 Å². The van der Waals surface area contributed by atoms with Crippen molar-refractivity contribution in [1.29, 1.82) is 0 Å². The molecule has 0 bridgehead atoms. The van der Waals surface area contributed by atoms with E-state index in [2.05, 4.69) is 15.3 Å². The van der Waals surface area contributed by atoms with E-state index in [1.54, 1.807) is 49.1 Å². The van der Waals surface area contributed by atoms with E-state index in [4.69, 9.17) is 21.1 Å². The number of nitrogens with zero attached hydrogens (tertiary/aromatic N) is 3. The molecule has 0 spiro atoms. The molecule has 2 heterocycles. The van der Waals surface area contributed by atoms with E-state index in [1.807, 2.05) is 29.0 Å². The zero-order valence-corrected chi connectivity index (χ0v) is 16.7. The zero-order chi connectivity index (χ0) is 20.8. The first-order chi connectivity index (χ1) is 14.7. The van der Waals surface area contributed by atoms with Crippen molar-refractivity contribution in [1.82, 2.24) is 14.5 Å². The second kappa shape index (κ2) is 9.28. The number of nitrogens with one attached hydrogen (secondary N) is 1. The molecule has 4 rings (SSSR count). The Morgan fingerprint density at radius 3 is 2.80 bits per heavy atom. The lowest BCUT2D eigenvalue weighted by Crippen LogP contribution is -2.21. The van der Waals surface area contributed by atoms with Crippen molar-refractivity contribution in [3.05, 3.63) is 78.5 Å². The SMILES string of the molecule is O=C(COc1ccc(Cl)c2cccnc12)Nc1ccccc1OCCn1ccnc1. The van der Waals surface area contributed by atoms with Crippen LogP contribution < -0.4 is 14.8 Å². The number of benzene rings is 2. The van der Waals surface area contributed by atoms with Crippen LogP contribution in [0.4, 0.5) is 5.69 Å². The number of ether oxygens (including phenoxy) is 2. The number of halogens is 1. The molecule has 7 nitrogen and oxygen atoms in total. The Bertz CT molecular complexity index is 1150. The number of hydrogen-bond acceptors (Lipinski definition) is 5. The molecule has 2 aromatic heterocycles. The average molecular weight is 423 g/mol. The van der Waals surface area contributed by atoms with E-state index in [1.165, 1.54) is 0 Å². The molecule has 30 heavy (non-hydrogen) atoms. The lowest BCUT2D eigenvalue weighted by molar-refractivity contribution is -0.118. The van der Waals surface area contributed by atoms with Crippen molar-refractivity contribution < 1.29 is 14.3 Å². The van der Waals surface area contributed by atoms with Crippen molar-refractivity contribution in [3.63, 3.8) is 0 Å². The van der Waals surface area contributed by atoms with E-state index in [-0.39, 0.29) is 12.5 Å². The number of hydrogen-bond donors (Lipinski definition) is 1. The van der Waals surface area contributed by atoms with Crippen LogP contribution in [-0.2, 0) is 11.3 Å². The number of pyridine rings is 1. The monoisotopic (exact) mass is 422 g/mol. The molecule has 1 N–H and O–H groups in total. The van der Waals surface area contributed by atoms with Gasteiger partial charge in [-0.2, -0.15) is 0 Å². The first kappa shape index (κ1) is 19.7. The molecule has 4 aromatic rings. The maximum atomic E-state index is 12.5. The van der Waals surface area contributed by atoms with Crippen LogP contribution in [0.5, 0.6) is 11.5 Å². The highest BCUT2D eigenvalue weighted by atomic mass is 35.5. The maximum absolute atomic E-state index is 12.5. The zero-order valence-electron chi connectivity index (χ0n) is 16.0. The maximum Gasteiger partial charge on any atom is 0.262 e. The van der Waals surface area contributed by atoms with Gasteiger partial charge < -0.3 is 19.4 Å². The van der Waals surface area contributed by atoms with Crippen LogP contribution in [0.1, 0.15) is 0 Å². The number of para-hydroxylation sites is 2. The Morgan fingerprint density at radius 1 is 1.03 bits per heavy atom. The molecule has 0 fully saturated rings. The quantitative estimate of drug-likeness (QED) is 0.461. The van der Waals surface area contributed by atoms with Crippen molar-refractivity contribution in [2.45, 2.75) is 6.54 Å². The van der Waals surface area contributed by atoms with E-state index >= 15 is 0 Å². The Morgan fingerprint density at radius 2 is 1.93 bits per heavy atom. The molecule has 0 radical (unpaired) electrons. The van der Waals surface area contributed by atoms with Gasteiger partial charge in [-0.1, -0.05) is 23.7 Å². The summed E-state index contributed by atoms with van der Waals surface area (Å²) < 4.78 is 13.4. The molecule has 0 saturated heterocycles. The highest BCUT2D eigenvalue weighted by Gasteiger charge is 2.11. The van der Waals surface area contributed by atoms with Crippen LogP contribution in [0, 0.1) is 0 Å². The fourth-order valence-electron chi connectivity index (χ4n) is 2.93. The Kier molecular flexibility index (Phi) is 6.10. The summed E-state index contributed by atoms with van der Waals surface area (Å²) in [5, 5.41) is 4.18. The van der Waals surface area contributed by atoms with Crippen LogP contribution >= 0.6 is 11.6 Å². The average Bonchev–Trinajstić information content (AvgIpc) is 3.28. The second-order valence-corrected chi connectivity index (χ2v) is 6.83. The van der Waals surface area contributed by atoms with Gasteiger partial charge in [-0.25, -0.2) is 4.98 Å². The Hall–Kier alpha value is -3.58. The molecule has 0 unspecified atom stereocenters. The summed E-state index contributed by atoms with van der Waals surface area (Å²) in [4.78, 5) is 20.8. The molecule has 0 aliphatic carbocycles. The van der Waals surface area contributed by atoms with Crippen LogP contribution in [0.2, 0.25) is 5.02 Å². The summed E-state index contributed by atoms with van der Waals surface area (Å²) in [6.45, 7) is 0.931. The molecule has 8 heteroatoms. The number of fused-ring (bicyclic) bond motifs is 1. The van der Waals surface area contributed by atoms with Crippen LogP contribution in [0.25, 0.3) is 10.9 Å². The lowest BCUT2D eigenvalue weighted by Gasteiger charge is -2.13. The number of carbonyl (C=O) groups excluding carboxylic acids is 1. The van der Waals surface area contributed by atoms with E-state index in [0.29, 0.717) is 40.9 Å². The smallest absolute Gasteiger partial charge is 0.262 e. The van der Waals surface area contributed by atoms with Crippen LogP contribution in [-0.4, -0.2) is 33.7 Å². The summed E-state index contributed by atoms with van der Waals surface area (Å²) in [5.41, 5.74) is 1.19. The van der Waals surface area contributed by atoms with Crippen molar-refractivity contribution in [2.24, 2.45) is 0 Å². The first-order valence-electron chi connectivity index (χ1n) is 9.34. The molecule has 152 valence electrons. The summed E-state index contributed by atoms with van der Waals surface area (Å²) >= 11 is 6.20. The molecule has 0 aliphatic heterocycles. The fourth-order valence-corrected chi connectivity index (χ4v) is 3.15. The largest absolute Gasteiger partial charge is 0.490 e. The highest BCUT2D eigenvalue weighted by molar-refractivity contribution is 6.35. The molecule has 2 aromatic carbocycles. The first-order valence-corrected chi connectivity index (χ1v) is 9.72. The third-order valence-electron chi connectivity index (χ3n) is 4.37. The van der Waals surface area contributed by atoms with Gasteiger partial charge in [-0.05, 0) is 36.4 Å². The van der Waals surface area contributed by atoms with Gasteiger partial charge in [0.05, 0.1) is 23.6 Å². The van der Waals surface area contributed by atoms with Gasteiger partial charge in [0.15, 0.2) is 6.61 Å².